The second-order valence-electron chi connectivity index (χ2n) is 8.66. The standard InChI is InChI=1S/C29H24N4O/c1-20-27-25(16-18-32(20)29(34)23-14-15-26-22(19-23)11-8-17-30-26)28(21-9-4-2-5-10-21)33(31-27)24-12-6-3-7-13-24/h2-15,17,19-20H,16,18H2,1H3/t20-/m1/s1. The molecule has 5 aromatic rings. The zero-order valence-corrected chi connectivity index (χ0v) is 18.9. The van der Waals surface area contributed by atoms with Crippen LogP contribution in [0.5, 0.6) is 0 Å². The second-order valence-corrected chi connectivity index (χ2v) is 8.66. The lowest BCUT2D eigenvalue weighted by atomic mass is 9.95. The van der Waals surface area contributed by atoms with Crippen molar-refractivity contribution in [1.82, 2.24) is 19.7 Å². The van der Waals surface area contributed by atoms with Crippen LogP contribution < -0.4 is 0 Å². The average molecular weight is 445 g/mol. The summed E-state index contributed by atoms with van der Waals surface area (Å²) < 4.78 is 2.03. The molecule has 6 rings (SSSR count). The summed E-state index contributed by atoms with van der Waals surface area (Å²) in [5, 5.41) is 6.04. The highest BCUT2D eigenvalue weighted by molar-refractivity contribution is 5.98. The molecule has 5 heteroatoms. The number of hydrogen-bond acceptors (Lipinski definition) is 3. The Hall–Kier alpha value is -4.25. The Balaban J connectivity index is 1.42. The van der Waals surface area contributed by atoms with Gasteiger partial charge in [0, 0.05) is 34.8 Å². The van der Waals surface area contributed by atoms with Gasteiger partial charge in [-0.25, -0.2) is 4.68 Å². The molecule has 3 heterocycles. The lowest BCUT2D eigenvalue weighted by molar-refractivity contribution is 0.0674. The molecule has 1 aliphatic heterocycles. The van der Waals surface area contributed by atoms with E-state index in [1.54, 1.807) is 6.20 Å². The fourth-order valence-corrected chi connectivity index (χ4v) is 4.92. The molecule has 0 fully saturated rings. The van der Waals surface area contributed by atoms with Crippen LogP contribution in [0.3, 0.4) is 0 Å². The summed E-state index contributed by atoms with van der Waals surface area (Å²) in [6, 6.07) is 30.1. The van der Waals surface area contributed by atoms with Gasteiger partial charge < -0.3 is 4.90 Å². The fourth-order valence-electron chi connectivity index (χ4n) is 4.92. The smallest absolute Gasteiger partial charge is 0.254 e. The van der Waals surface area contributed by atoms with Crippen LogP contribution in [-0.4, -0.2) is 32.1 Å². The molecular weight excluding hydrogens is 420 g/mol. The highest BCUT2D eigenvalue weighted by atomic mass is 16.2. The molecule has 0 radical (unpaired) electrons. The van der Waals surface area contributed by atoms with Gasteiger partial charge in [0.05, 0.1) is 28.6 Å². The van der Waals surface area contributed by atoms with Crippen LogP contribution in [0.2, 0.25) is 0 Å². The number of carbonyl (C=O) groups is 1. The van der Waals surface area contributed by atoms with E-state index in [4.69, 9.17) is 5.10 Å². The van der Waals surface area contributed by atoms with Crippen molar-refractivity contribution in [3.05, 3.63) is 114 Å². The summed E-state index contributed by atoms with van der Waals surface area (Å²) in [6.07, 6.45) is 2.53. The first-order valence-corrected chi connectivity index (χ1v) is 11.6. The molecule has 1 atom stereocenters. The van der Waals surface area contributed by atoms with E-state index < -0.39 is 0 Å². The normalized spacial score (nSPS) is 15.3. The highest BCUT2D eigenvalue weighted by Crippen LogP contribution is 2.37. The Kier molecular flexibility index (Phi) is 4.95. The molecule has 0 saturated heterocycles. The molecule has 3 aromatic carbocycles. The molecule has 1 aliphatic rings. The first kappa shape index (κ1) is 20.4. The van der Waals surface area contributed by atoms with E-state index >= 15 is 0 Å². The lowest BCUT2D eigenvalue weighted by Gasteiger charge is -2.33. The van der Waals surface area contributed by atoms with Crippen molar-refractivity contribution in [3.63, 3.8) is 0 Å². The third-order valence-electron chi connectivity index (χ3n) is 6.64. The van der Waals surface area contributed by atoms with Crippen LogP contribution in [0.15, 0.2) is 97.2 Å². The van der Waals surface area contributed by atoms with Crippen molar-refractivity contribution in [2.24, 2.45) is 0 Å². The Bertz CT molecular complexity index is 1490. The molecule has 0 N–H and O–H groups in total. The Labute approximate surface area is 198 Å². The number of aromatic nitrogens is 3. The number of carbonyl (C=O) groups excluding carboxylic acids is 1. The van der Waals surface area contributed by atoms with E-state index in [0.29, 0.717) is 12.1 Å². The van der Waals surface area contributed by atoms with Gasteiger partial charge in [0.15, 0.2) is 0 Å². The van der Waals surface area contributed by atoms with Gasteiger partial charge in [-0.1, -0.05) is 54.6 Å². The van der Waals surface area contributed by atoms with Crippen molar-refractivity contribution in [2.75, 3.05) is 6.54 Å². The maximum atomic E-state index is 13.6. The van der Waals surface area contributed by atoms with Crippen LogP contribution in [0.25, 0.3) is 27.8 Å². The van der Waals surface area contributed by atoms with E-state index in [2.05, 4.69) is 48.3 Å². The predicted octanol–water partition coefficient (Wildman–Crippen LogP) is 5.85. The van der Waals surface area contributed by atoms with Crippen molar-refractivity contribution >= 4 is 16.8 Å². The van der Waals surface area contributed by atoms with E-state index in [1.165, 1.54) is 5.56 Å². The van der Waals surface area contributed by atoms with E-state index in [1.807, 2.05) is 64.2 Å². The number of nitrogens with zero attached hydrogens (tertiary/aromatic N) is 4. The molecule has 0 bridgehead atoms. The summed E-state index contributed by atoms with van der Waals surface area (Å²) in [7, 11) is 0. The van der Waals surface area contributed by atoms with Crippen LogP contribution in [0, 0.1) is 0 Å². The minimum Gasteiger partial charge on any atom is -0.330 e. The first-order chi connectivity index (χ1) is 16.7. The van der Waals surface area contributed by atoms with Gasteiger partial charge in [-0.05, 0) is 49.7 Å². The summed E-state index contributed by atoms with van der Waals surface area (Å²) in [6.45, 7) is 2.73. The van der Waals surface area contributed by atoms with Crippen LogP contribution in [0.4, 0.5) is 0 Å². The van der Waals surface area contributed by atoms with Gasteiger partial charge in [-0.3, -0.25) is 9.78 Å². The number of benzene rings is 3. The minimum atomic E-state index is -0.131. The van der Waals surface area contributed by atoms with Gasteiger partial charge in [-0.2, -0.15) is 5.10 Å². The maximum absolute atomic E-state index is 13.6. The minimum absolute atomic E-state index is 0.0272. The van der Waals surface area contributed by atoms with Crippen molar-refractivity contribution in [3.8, 4) is 16.9 Å². The molecule has 2 aromatic heterocycles. The Morgan fingerprint density at radius 3 is 2.47 bits per heavy atom. The van der Waals surface area contributed by atoms with Crippen LogP contribution in [-0.2, 0) is 6.42 Å². The molecule has 0 unspecified atom stereocenters. The molecule has 0 aliphatic carbocycles. The monoisotopic (exact) mass is 444 g/mol. The highest BCUT2D eigenvalue weighted by Gasteiger charge is 2.34. The molecule has 0 spiro atoms. The van der Waals surface area contributed by atoms with E-state index in [0.717, 1.165) is 40.0 Å². The number of amides is 1. The van der Waals surface area contributed by atoms with Crippen LogP contribution >= 0.6 is 0 Å². The SMILES string of the molecule is C[C@@H]1c2nn(-c3ccccc3)c(-c3ccccc3)c2CCN1C(=O)c1ccc2ncccc2c1. The molecule has 0 saturated carbocycles. The van der Waals surface area contributed by atoms with Gasteiger partial charge >= 0.3 is 0 Å². The summed E-state index contributed by atoms with van der Waals surface area (Å²) in [5.74, 6) is 0.0272. The number of fused-ring (bicyclic) bond motifs is 2. The molecule has 1 amide bonds. The fraction of sp³-hybridized carbons (Fsp3) is 0.138. The third-order valence-corrected chi connectivity index (χ3v) is 6.64. The number of pyridine rings is 1. The topological polar surface area (TPSA) is 51.0 Å². The van der Waals surface area contributed by atoms with E-state index in [-0.39, 0.29) is 11.9 Å². The zero-order valence-electron chi connectivity index (χ0n) is 18.9. The number of para-hydroxylation sites is 1. The largest absolute Gasteiger partial charge is 0.330 e. The Morgan fingerprint density at radius 1 is 0.912 bits per heavy atom. The van der Waals surface area contributed by atoms with Gasteiger partial charge in [0.1, 0.15) is 0 Å². The maximum Gasteiger partial charge on any atom is 0.254 e. The van der Waals surface area contributed by atoms with E-state index in [9.17, 15) is 4.79 Å². The Morgan fingerprint density at radius 2 is 1.68 bits per heavy atom. The zero-order chi connectivity index (χ0) is 23.1. The summed E-state index contributed by atoms with van der Waals surface area (Å²) in [5.41, 5.74) is 7.01. The quantitative estimate of drug-likeness (QED) is 0.351. The van der Waals surface area contributed by atoms with Gasteiger partial charge in [0.25, 0.3) is 5.91 Å². The van der Waals surface area contributed by atoms with Crippen molar-refractivity contribution in [2.45, 2.75) is 19.4 Å². The summed E-state index contributed by atoms with van der Waals surface area (Å²) >= 11 is 0. The lowest BCUT2D eigenvalue weighted by Crippen LogP contribution is -2.38. The molecule has 34 heavy (non-hydrogen) atoms. The van der Waals surface area contributed by atoms with Crippen molar-refractivity contribution in [1.29, 1.82) is 0 Å². The molecular formula is C29H24N4O. The third kappa shape index (κ3) is 3.37. The second kappa shape index (κ2) is 8.27. The molecule has 166 valence electrons. The average Bonchev–Trinajstić information content (AvgIpc) is 3.30. The summed E-state index contributed by atoms with van der Waals surface area (Å²) in [4.78, 5) is 19.9. The van der Waals surface area contributed by atoms with Gasteiger partial charge in [-0.15, -0.1) is 0 Å². The number of hydrogen-bond donors (Lipinski definition) is 0. The predicted molar refractivity (Wildman–Crippen MR) is 134 cm³/mol. The number of rotatable bonds is 3. The van der Waals surface area contributed by atoms with Gasteiger partial charge in [0.2, 0.25) is 0 Å². The first-order valence-electron chi connectivity index (χ1n) is 11.6. The molecule has 5 nitrogen and oxygen atoms in total. The van der Waals surface area contributed by atoms with Crippen LogP contribution in [0.1, 0.15) is 34.6 Å². The van der Waals surface area contributed by atoms with Crippen molar-refractivity contribution < 1.29 is 4.79 Å².